The summed E-state index contributed by atoms with van der Waals surface area (Å²) in [6.45, 7) is 0.555. The van der Waals surface area contributed by atoms with Gasteiger partial charge in [-0.1, -0.05) is 40.2 Å². The van der Waals surface area contributed by atoms with E-state index in [0.29, 0.717) is 6.54 Å². The van der Waals surface area contributed by atoms with Crippen molar-refractivity contribution in [2.24, 2.45) is 5.73 Å². The fourth-order valence-corrected chi connectivity index (χ4v) is 2.63. The molecular weight excluding hydrogens is 314 g/mol. The van der Waals surface area contributed by atoms with Crippen molar-refractivity contribution < 1.29 is 0 Å². The van der Waals surface area contributed by atoms with Crippen LogP contribution in [0.25, 0.3) is 10.8 Å². The quantitative estimate of drug-likeness (QED) is 0.758. The molecule has 2 aromatic carbocycles. The molecule has 1 aromatic heterocycles. The normalized spacial score (nSPS) is 10.7. The lowest BCUT2D eigenvalue weighted by atomic mass is 10.1. The van der Waals surface area contributed by atoms with Crippen LogP contribution in [0.3, 0.4) is 0 Å². The monoisotopic (exact) mass is 327 g/mol. The summed E-state index contributed by atoms with van der Waals surface area (Å²) in [5.41, 5.74) is 7.72. The van der Waals surface area contributed by atoms with E-state index in [1.54, 1.807) is 0 Å². The molecule has 0 aliphatic rings. The van der Waals surface area contributed by atoms with Gasteiger partial charge in [0.2, 0.25) is 0 Å². The Balaban J connectivity index is 1.99. The van der Waals surface area contributed by atoms with E-state index in [2.05, 4.69) is 32.3 Å². The highest BCUT2D eigenvalue weighted by molar-refractivity contribution is 9.10. The lowest BCUT2D eigenvalue weighted by Gasteiger charge is -2.10. The molecule has 0 spiro atoms. The van der Waals surface area contributed by atoms with Crippen LogP contribution in [0.1, 0.15) is 5.56 Å². The van der Waals surface area contributed by atoms with Crippen LogP contribution in [0.5, 0.6) is 0 Å². The van der Waals surface area contributed by atoms with Gasteiger partial charge in [-0.05, 0) is 29.8 Å². The largest absolute Gasteiger partial charge is 0.340 e. The van der Waals surface area contributed by atoms with Crippen molar-refractivity contribution in [3.8, 4) is 0 Å². The van der Waals surface area contributed by atoms with Gasteiger partial charge in [-0.15, -0.1) is 0 Å². The van der Waals surface area contributed by atoms with Gasteiger partial charge in [-0.25, -0.2) is 4.98 Å². The molecule has 0 aliphatic heterocycles. The van der Waals surface area contributed by atoms with E-state index < -0.39 is 0 Å². The first-order valence-electron chi connectivity index (χ1n) is 6.37. The molecule has 1 heterocycles. The number of benzene rings is 2. The molecule has 0 aliphatic carbocycles. The summed E-state index contributed by atoms with van der Waals surface area (Å²) < 4.78 is 1.07. The Morgan fingerprint density at radius 2 is 1.80 bits per heavy atom. The first-order chi connectivity index (χ1) is 9.78. The maximum Gasteiger partial charge on any atom is 0.138 e. The van der Waals surface area contributed by atoms with Gasteiger partial charge < -0.3 is 11.1 Å². The highest BCUT2D eigenvalue weighted by Gasteiger charge is 2.05. The topological polar surface area (TPSA) is 50.9 Å². The van der Waals surface area contributed by atoms with Gasteiger partial charge >= 0.3 is 0 Å². The zero-order valence-electron chi connectivity index (χ0n) is 10.8. The third-order valence-corrected chi connectivity index (χ3v) is 3.90. The number of hydrogen-bond donors (Lipinski definition) is 2. The van der Waals surface area contributed by atoms with Crippen molar-refractivity contribution in [3.63, 3.8) is 0 Å². The van der Waals surface area contributed by atoms with Gasteiger partial charge in [0.25, 0.3) is 0 Å². The molecule has 0 unspecified atom stereocenters. The smallest absolute Gasteiger partial charge is 0.138 e. The Morgan fingerprint density at radius 3 is 2.55 bits per heavy atom. The molecule has 20 heavy (non-hydrogen) atoms. The fraction of sp³-hybridized carbons (Fsp3) is 0.0625. The van der Waals surface area contributed by atoms with E-state index in [-0.39, 0.29) is 0 Å². The minimum Gasteiger partial charge on any atom is -0.340 e. The molecular formula is C16H14BrN3. The second-order valence-electron chi connectivity index (χ2n) is 4.52. The number of fused-ring (bicyclic) bond motifs is 1. The summed E-state index contributed by atoms with van der Waals surface area (Å²) in [6, 6.07) is 16.2. The van der Waals surface area contributed by atoms with Gasteiger partial charge in [0.05, 0.1) is 0 Å². The molecule has 4 heteroatoms. The molecule has 3 rings (SSSR count). The number of rotatable bonds is 3. The molecule has 0 amide bonds. The standard InChI is InChI=1S/C16H14BrN3/c17-15-3-1-2-14-13(15)8-9-19-16(14)20-12-6-4-11(10-18)5-7-12/h1-9H,10,18H2,(H,19,20). The Hall–Kier alpha value is -1.91. The Bertz CT molecular complexity index is 738. The minimum atomic E-state index is 0.555. The molecule has 3 N–H and O–H groups in total. The average molecular weight is 328 g/mol. The summed E-state index contributed by atoms with van der Waals surface area (Å²) in [4.78, 5) is 4.43. The van der Waals surface area contributed by atoms with Gasteiger partial charge in [-0.2, -0.15) is 0 Å². The van der Waals surface area contributed by atoms with Crippen LogP contribution >= 0.6 is 15.9 Å². The fourth-order valence-electron chi connectivity index (χ4n) is 2.13. The lowest BCUT2D eigenvalue weighted by Crippen LogP contribution is -1.97. The van der Waals surface area contributed by atoms with Gasteiger partial charge in [-0.3, -0.25) is 0 Å². The number of nitrogens with one attached hydrogen (secondary N) is 1. The number of nitrogens with zero attached hydrogens (tertiary/aromatic N) is 1. The molecule has 0 atom stereocenters. The van der Waals surface area contributed by atoms with Crippen LogP contribution in [0.4, 0.5) is 11.5 Å². The first kappa shape index (κ1) is 13.1. The van der Waals surface area contributed by atoms with E-state index in [1.807, 2.05) is 48.7 Å². The summed E-state index contributed by atoms with van der Waals surface area (Å²) >= 11 is 3.57. The van der Waals surface area contributed by atoms with Crippen LogP contribution in [-0.2, 0) is 6.54 Å². The number of nitrogens with two attached hydrogens (primary N) is 1. The summed E-state index contributed by atoms with van der Waals surface area (Å²) in [5.74, 6) is 0.851. The SMILES string of the molecule is NCc1ccc(Nc2nccc3c(Br)cccc23)cc1. The van der Waals surface area contributed by atoms with Crippen molar-refractivity contribution >= 4 is 38.2 Å². The number of halogens is 1. The molecule has 3 nitrogen and oxygen atoms in total. The molecule has 3 aromatic rings. The van der Waals surface area contributed by atoms with Crippen LogP contribution in [0, 0.1) is 0 Å². The maximum atomic E-state index is 5.61. The number of anilines is 2. The zero-order valence-corrected chi connectivity index (χ0v) is 12.4. The van der Waals surface area contributed by atoms with E-state index >= 15 is 0 Å². The molecule has 0 bridgehead atoms. The second kappa shape index (κ2) is 5.61. The van der Waals surface area contributed by atoms with Gasteiger partial charge in [0.1, 0.15) is 5.82 Å². The number of aromatic nitrogens is 1. The van der Waals surface area contributed by atoms with Gasteiger partial charge in [0.15, 0.2) is 0 Å². The maximum absolute atomic E-state index is 5.61. The van der Waals surface area contributed by atoms with Crippen LogP contribution in [-0.4, -0.2) is 4.98 Å². The molecule has 100 valence electrons. The van der Waals surface area contributed by atoms with Gasteiger partial charge in [0, 0.05) is 33.7 Å². The van der Waals surface area contributed by atoms with Crippen molar-refractivity contribution in [2.45, 2.75) is 6.54 Å². The van der Waals surface area contributed by atoms with Crippen LogP contribution in [0.15, 0.2) is 59.2 Å². The van der Waals surface area contributed by atoms with E-state index in [9.17, 15) is 0 Å². The van der Waals surface area contributed by atoms with E-state index in [4.69, 9.17) is 5.73 Å². The number of pyridine rings is 1. The first-order valence-corrected chi connectivity index (χ1v) is 7.16. The average Bonchev–Trinajstić information content (AvgIpc) is 2.49. The molecule has 0 radical (unpaired) electrons. The summed E-state index contributed by atoms with van der Waals surface area (Å²) in [5, 5.41) is 5.58. The van der Waals surface area contributed by atoms with Crippen molar-refractivity contribution in [1.82, 2.24) is 4.98 Å². The highest BCUT2D eigenvalue weighted by atomic mass is 79.9. The Morgan fingerprint density at radius 1 is 1.00 bits per heavy atom. The number of hydrogen-bond acceptors (Lipinski definition) is 3. The summed E-state index contributed by atoms with van der Waals surface area (Å²) in [7, 11) is 0. The molecule has 0 saturated heterocycles. The molecule has 0 fully saturated rings. The Kier molecular flexibility index (Phi) is 3.67. The predicted octanol–water partition coefficient (Wildman–Crippen LogP) is 4.20. The second-order valence-corrected chi connectivity index (χ2v) is 5.37. The van der Waals surface area contributed by atoms with Crippen molar-refractivity contribution in [3.05, 3.63) is 64.8 Å². The van der Waals surface area contributed by atoms with E-state index in [0.717, 1.165) is 32.3 Å². The molecule has 0 saturated carbocycles. The predicted molar refractivity (Wildman–Crippen MR) is 87.1 cm³/mol. The van der Waals surface area contributed by atoms with Crippen molar-refractivity contribution in [2.75, 3.05) is 5.32 Å². The third-order valence-electron chi connectivity index (χ3n) is 3.21. The van der Waals surface area contributed by atoms with Crippen molar-refractivity contribution in [1.29, 1.82) is 0 Å². The van der Waals surface area contributed by atoms with E-state index in [1.165, 1.54) is 0 Å². The highest BCUT2D eigenvalue weighted by Crippen LogP contribution is 2.29. The lowest BCUT2D eigenvalue weighted by molar-refractivity contribution is 1.07. The summed E-state index contributed by atoms with van der Waals surface area (Å²) in [6.07, 6.45) is 1.81. The zero-order chi connectivity index (χ0) is 13.9. The third kappa shape index (κ3) is 2.53. The van der Waals surface area contributed by atoms with Crippen LogP contribution < -0.4 is 11.1 Å². The van der Waals surface area contributed by atoms with Crippen LogP contribution in [0.2, 0.25) is 0 Å². The Labute approximate surface area is 126 Å². The minimum absolute atomic E-state index is 0.555.